The van der Waals surface area contributed by atoms with Gasteiger partial charge in [-0.25, -0.2) is 4.98 Å². The zero-order valence-corrected chi connectivity index (χ0v) is 15.1. The van der Waals surface area contributed by atoms with E-state index in [0.717, 1.165) is 35.1 Å². The number of nitrogen functional groups attached to an aromatic ring is 1. The van der Waals surface area contributed by atoms with Crippen molar-refractivity contribution in [1.29, 1.82) is 0 Å². The van der Waals surface area contributed by atoms with Crippen molar-refractivity contribution in [1.82, 2.24) is 14.3 Å². The zero-order valence-electron chi connectivity index (χ0n) is 15.1. The van der Waals surface area contributed by atoms with Crippen molar-refractivity contribution in [3.8, 4) is 11.3 Å². The summed E-state index contributed by atoms with van der Waals surface area (Å²) in [7, 11) is 0. The third-order valence-electron chi connectivity index (χ3n) is 5.31. The number of nitrogens with two attached hydrogens (primary N) is 1. The SMILES string of the molecule is Cc1ccn2c(CN3CCC(C)CC3)c(-c3ccc(N)cc3)nc2c1. The van der Waals surface area contributed by atoms with Gasteiger partial charge < -0.3 is 10.1 Å². The second kappa shape index (κ2) is 6.52. The first kappa shape index (κ1) is 16.2. The van der Waals surface area contributed by atoms with E-state index in [4.69, 9.17) is 10.7 Å². The third kappa shape index (κ3) is 3.27. The molecule has 0 amide bonds. The van der Waals surface area contributed by atoms with E-state index in [0.29, 0.717) is 0 Å². The molecule has 130 valence electrons. The minimum atomic E-state index is 0.787. The second-order valence-corrected chi connectivity index (χ2v) is 7.42. The maximum Gasteiger partial charge on any atom is 0.137 e. The van der Waals surface area contributed by atoms with Gasteiger partial charge in [0.15, 0.2) is 0 Å². The van der Waals surface area contributed by atoms with Crippen LogP contribution in [0.3, 0.4) is 0 Å². The van der Waals surface area contributed by atoms with Gasteiger partial charge in [0.05, 0.1) is 11.4 Å². The normalized spacial score (nSPS) is 16.6. The lowest BCUT2D eigenvalue weighted by Gasteiger charge is -2.30. The number of nitrogens with zero attached hydrogens (tertiary/aromatic N) is 3. The minimum Gasteiger partial charge on any atom is -0.399 e. The molecule has 3 aromatic rings. The molecule has 0 unspecified atom stereocenters. The van der Waals surface area contributed by atoms with Gasteiger partial charge in [0.25, 0.3) is 0 Å². The molecule has 0 aliphatic carbocycles. The summed E-state index contributed by atoms with van der Waals surface area (Å²) in [6.45, 7) is 7.75. The fourth-order valence-electron chi connectivity index (χ4n) is 3.65. The zero-order chi connectivity index (χ0) is 17.4. The number of fused-ring (bicyclic) bond motifs is 1. The van der Waals surface area contributed by atoms with E-state index in [9.17, 15) is 0 Å². The Morgan fingerprint density at radius 2 is 1.84 bits per heavy atom. The molecule has 1 aromatic carbocycles. The van der Waals surface area contributed by atoms with Crippen LogP contribution in [0, 0.1) is 12.8 Å². The third-order valence-corrected chi connectivity index (χ3v) is 5.31. The van der Waals surface area contributed by atoms with E-state index in [1.54, 1.807) is 0 Å². The number of pyridine rings is 1. The van der Waals surface area contributed by atoms with Crippen LogP contribution in [-0.4, -0.2) is 27.4 Å². The predicted molar refractivity (Wildman–Crippen MR) is 103 cm³/mol. The molecule has 2 aromatic heterocycles. The van der Waals surface area contributed by atoms with Crippen LogP contribution >= 0.6 is 0 Å². The number of anilines is 1. The molecule has 0 spiro atoms. The van der Waals surface area contributed by atoms with Gasteiger partial charge in [-0.05, 0) is 68.6 Å². The standard InChI is InChI=1S/C21H26N4/c1-15-7-10-24(11-8-15)14-19-21(17-3-5-18(22)6-4-17)23-20-13-16(2)9-12-25(19)20/h3-6,9,12-13,15H,7-8,10-11,14,22H2,1-2H3. The van der Waals surface area contributed by atoms with E-state index >= 15 is 0 Å². The molecule has 1 saturated heterocycles. The van der Waals surface area contributed by atoms with Gasteiger partial charge in [0.2, 0.25) is 0 Å². The van der Waals surface area contributed by atoms with Gasteiger partial charge in [0.1, 0.15) is 5.65 Å². The quantitative estimate of drug-likeness (QED) is 0.733. The van der Waals surface area contributed by atoms with Crippen LogP contribution < -0.4 is 5.73 Å². The topological polar surface area (TPSA) is 46.6 Å². The van der Waals surface area contributed by atoms with Crippen molar-refractivity contribution < 1.29 is 0 Å². The number of rotatable bonds is 3. The smallest absolute Gasteiger partial charge is 0.137 e. The predicted octanol–water partition coefficient (Wildman–Crippen LogP) is 4.12. The maximum absolute atomic E-state index is 5.87. The van der Waals surface area contributed by atoms with Gasteiger partial charge in [-0.15, -0.1) is 0 Å². The number of imidazole rings is 1. The van der Waals surface area contributed by atoms with Gasteiger partial charge in [-0.1, -0.05) is 19.1 Å². The lowest BCUT2D eigenvalue weighted by molar-refractivity contribution is 0.183. The van der Waals surface area contributed by atoms with E-state index in [-0.39, 0.29) is 0 Å². The molecule has 1 aliphatic heterocycles. The number of aromatic nitrogens is 2. The first-order valence-electron chi connectivity index (χ1n) is 9.16. The first-order valence-corrected chi connectivity index (χ1v) is 9.16. The molecule has 1 fully saturated rings. The Kier molecular flexibility index (Phi) is 4.22. The van der Waals surface area contributed by atoms with E-state index in [1.165, 1.54) is 37.2 Å². The fraction of sp³-hybridized carbons (Fsp3) is 0.381. The Bertz CT molecular complexity index is 871. The maximum atomic E-state index is 5.87. The van der Waals surface area contributed by atoms with Crippen LogP contribution in [0.5, 0.6) is 0 Å². The van der Waals surface area contributed by atoms with Crippen LogP contribution in [0.1, 0.15) is 31.0 Å². The number of hydrogen-bond acceptors (Lipinski definition) is 3. The van der Waals surface area contributed by atoms with E-state index in [1.807, 2.05) is 12.1 Å². The second-order valence-electron chi connectivity index (χ2n) is 7.42. The van der Waals surface area contributed by atoms with Crippen LogP contribution in [0.2, 0.25) is 0 Å². The summed E-state index contributed by atoms with van der Waals surface area (Å²) in [5, 5.41) is 0. The highest BCUT2D eigenvalue weighted by molar-refractivity contribution is 5.68. The van der Waals surface area contributed by atoms with Crippen LogP contribution in [-0.2, 0) is 6.54 Å². The summed E-state index contributed by atoms with van der Waals surface area (Å²) in [5.41, 5.74) is 12.4. The van der Waals surface area contributed by atoms with Crippen LogP contribution in [0.25, 0.3) is 16.9 Å². The van der Waals surface area contributed by atoms with Crippen molar-refractivity contribution in [3.63, 3.8) is 0 Å². The number of piperidine rings is 1. The molecule has 0 saturated carbocycles. The Balaban J connectivity index is 1.76. The lowest BCUT2D eigenvalue weighted by atomic mass is 9.99. The first-order chi connectivity index (χ1) is 12.1. The summed E-state index contributed by atoms with van der Waals surface area (Å²) in [6.07, 6.45) is 4.72. The van der Waals surface area contributed by atoms with Gasteiger partial charge >= 0.3 is 0 Å². The monoisotopic (exact) mass is 334 g/mol. The molecule has 4 rings (SSSR count). The van der Waals surface area contributed by atoms with Gasteiger partial charge in [-0.3, -0.25) is 4.90 Å². The molecule has 0 bridgehead atoms. The van der Waals surface area contributed by atoms with Crippen molar-refractivity contribution in [2.45, 2.75) is 33.2 Å². The van der Waals surface area contributed by atoms with Gasteiger partial charge in [-0.2, -0.15) is 0 Å². The van der Waals surface area contributed by atoms with E-state index < -0.39 is 0 Å². The number of hydrogen-bond donors (Lipinski definition) is 1. The number of benzene rings is 1. The molecule has 3 heterocycles. The number of aryl methyl sites for hydroxylation is 1. The van der Waals surface area contributed by atoms with E-state index in [2.05, 4.69) is 53.6 Å². The highest BCUT2D eigenvalue weighted by Gasteiger charge is 2.20. The average Bonchev–Trinajstić information content (AvgIpc) is 2.95. The molecule has 1 aliphatic rings. The Morgan fingerprint density at radius 3 is 2.56 bits per heavy atom. The fourth-order valence-corrected chi connectivity index (χ4v) is 3.65. The molecule has 25 heavy (non-hydrogen) atoms. The Morgan fingerprint density at radius 1 is 1.12 bits per heavy atom. The summed E-state index contributed by atoms with van der Waals surface area (Å²) >= 11 is 0. The largest absolute Gasteiger partial charge is 0.399 e. The lowest BCUT2D eigenvalue weighted by Crippen LogP contribution is -2.32. The Labute approximate surface area is 149 Å². The Hall–Kier alpha value is -2.33. The summed E-state index contributed by atoms with van der Waals surface area (Å²) in [5.74, 6) is 0.845. The highest BCUT2D eigenvalue weighted by Crippen LogP contribution is 2.28. The van der Waals surface area contributed by atoms with Crippen molar-refractivity contribution >= 4 is 11.3 Å². The van der Waals surface area contributed by atoms with Crippen molar-refractivity contribution in [2.75, 3.05) is 18.8 Å². The van der Waals surface area contributed by atoms with Crippen molar-refractivity contribution in [2.24, 2.45) is 5.92 Å². The summed E-state index contributed by atoms with van der Waals surface area (Å²) < 4.78 is 2.25. The molecular formula is C21H26N4. The summed E-state index contributed by atoms with van der Waals surface area (Å²) in [6, 6.07) is 12.4. The molecule has 0 radical (unpaired) electrons. The molecule has 4 nitrogen and oxygen atoms in total. The highest BCUT2D eigenvalue weighted by atomic mass is 15.2. The van der Waals surface area contributed by atoms with Crippen molar-refractivity contribution in [3.05, 3.63) is 53.9 Å². The molecular weight excluding hydrogens is 308 g/mol. The number of likely N-dealkylation sites (tertiary alicyclic amines) is 1. The average molecular weight is 334 g/mol. The molecule has 4 heteroatoms. The molecule has 2 N–H and O–H groups in total. The van der Waals surface area contributed by atoms with Crippen LogP contribution in [0.15, 0.2) is 42.6 Å². The summed E-state index contributed by atoms with van der Waals surface area (Å²) in [4.78, 5) is 7.51. The molecule has 0 atom stereocenters. The minimum absolute atomic E-state index is 0.787. The van der Waals surface area contributed by atoms with Gasteiger partial charge in [0, 0.05) is 24.0 Å². The van der Waals surface area contributed by atoms with Crippen LogP contribution in [0.4, 0.5) is 5.69 Å².